The summed E-state index contributed by atoms with van der Waals surface area (Å²) in [4.78, 5) is 11.2. The van der Waals surface area contributed by atoms with Crippen molar-refractivity contribution in [1.29, 1.82) is 0 Å². The number of benzene rings is 1. The first kappa shape index (κ1) is 12.6. The van der Waals surface area contributed by atoms with E-state index < -0.39 is 17.3 Å². The average Bonchev–Trinajstić information content (AvgIpc) is 2.26. The Hall–Kier alpha value is -1.42. The van der Waals surface area contributed by atoms with Crippen molar-refractivity contribution in [2.75, 3.05) is 0 Å². The van der Waals surface area contributed by atoms with E-state index in [1.165, 1.54) is 24.3 Å². The van der Waals surface area contributed by atoms with Gasteiger partial charge in [0, 0.05) is 0 Å². The van der Waals surface area contributed by atoms with E-state index in [4.69, 9.17) is 10.8 Å². The fraction of sp³-hybridized carbons (Fsp3) is 0.417. The molecule has 1 unspecified atom stereocenters. The van der Waals surface area contributed by atoms with Crippen LogP contribution in [-0.2, 0) is 10.3 Å². The van der Waals surface area contributed by atoms with E-state index in [0.29, 0.717) is 12.0 Å². The van der Waals surface area contributed by atoms with Gasteiger partial charge in [0.05, 0.1) is 0 Å². The molecule has 1 rings (SSSR count). The zero-order valence-corrected chi connectivity index (χ0v) is 9.24. The first-order valence-electron chi connectivity index (χ1n) is 5.29. The SMILES string of the molecule is CCCCC(N)(C(=O)O)c1ccc(F)cc1. The molecule has 0 bridgehead atoms. The van der Waals surface area contributed by atoms with Crippen LogP contribution in [0.4, 0.5) is 4.39 Å². The number of hydrogen-bond acceptors (Lipinski definition) is 2. The van der Waals surface area contributed by atoms with Gasteiger partial charge in [0.1, 0.15) is 11.4 Å². The molecule has 0 amide bonds. The fourth-order valence-corrected chi connectivity index (χ4v) is 1.58. The second kappa shape index (κ2) is 5.07. The minimum Gasteiger partial charge on any atom is -0.480 e. The van der Waals surface area contributed by atoms with Gasteiger partial charge in [0.15, 0.2) is 0 Å². The lowest BCUT2D eigenvalue weighted by atomic mass is 9.86. The quantitative estimate of drug-likeness (QED) is 0.807. The highest BCUT2D eigenvalue weighted by Crippen LogP contribution is 2.25. The van der Waals surface area contributed by atoms with Gasteiger partial charge in [-0.3, -0.25) is 0 Å². The van der Waals surface area contributed by atoms with Crippen molar-refractivity contribution in [1.82, 2.24) is 0 Å². The molecule has 0 fully saturated rings. The van der Waals surface area contributed by atoms with Crippen LogP contribution in [0.15, 0.2) is 24.3 Å². The van der Waals surface area contributed by atoms with E-state index in [1.54, 1.807) is 0 Å². The molecule has 1 aromatic carbocycles. The molecule has 3 nitrogen and oxygen atoms in total. The van der Waals surface area contributed by atoms with E-state index in [-0.39, 0.29) is 0 Å². The number of nitrogens with two attached hydrogens (primary N) is 1. The number of rotatable bonds is 5. The van der Waals surface area contributed by atoms with Gasteiger partial charge in [-0.25, -0.2) is 9.18 Å². The van der Waals surface area contributed by atoms with Crippen LogP contribution >= 0.6 is 0 Å². The summed E-state index contributed by atoms with van der Waals surface area (Å²) in [6, 6.07) is 5.32. The predicted octanol–water partition coefficient (Wildman–Crippen LogP) is 2.25. The van der Waals surface area contributed by atoms with E-state index in [2.05, 4.69) is 0 Å². The maximum absolute atomic E-state index is 12.7. The van der Waals surface area contributed by atoms with Crippen molar-refractivity contribution < 1.29 is 14.3 Å². The summed E-state index contributed by atoms with van der Waals surface area (Å²) in [5, 5.41) is 9.16. The minimum absolute atomic E-state index is 0.352. The summed E-state index contributed by atoms with van der Waals surface area (Å²) in [7, 11) is 0. The topological polar surface area (TPSA) is 63.3 Å². The van der Waals surface area contributed by atoms with Crippen LogP contribution in [0.25, 0.3) is 0 Å². The summed E-state index contributed by atoms with van der Waals surface area (Å²) >= 11 is 0. The van der Waals surface area contributed by atoms with Crippen LogP contribution in [0.5, 0.6) is 0 Å². The fourth-order valence-electron chi connectivity index (χ4n) is 1.58. The molecular formula is C12H16FNO2. The normalized spacial score (nSPS) is 14.4. The molecule has 0 heterocycles. The Morgan fingerprint density at radius 3 is 2.44 bits per heavy atom. The molecule has 0 aliphatic carbocycles. The molecule has 0 aromatic heterocycles. The third-order valence-electron chi connectivity index (χ3n) is 2.67. The van der Waals surface area contributed by atoms with Gasteiger partial charge in [0.2, 0.25) is 0 Å². The number of carboxylic acid groups (broad SMARTS) is 1. The van der Waals surface area contributed by atoms with Gasteiger partial charge in [0.25, 0.3) is 0 Å². The molecule has 16 heavy (non-hydrogen) atoms. The molecule has 4 heteroatoms. The maximum atomic E-state index is 12.7. The van der Waals surface area contributed by atoms with Crippen LogP contribution in [0.1, 0.15) is 31.7 Å². The highest BCUT2D eigenvalue weighted by atomic mass is 19.1. The van der Waals surface area contributed by atoms with Crippen LogP contribution < -0.4 is 5.73 Å². The molecule has 88 valence electrons. The van der Waals surface area contributed by atoms with Crippen LogP contribution in [-0.4, -0.2) is 11.1 Å². The van der Waals surface area contributed by atoms with Gasteiger partial charge in [-0.15, -0.1) is 0 Å². The predicted molar refractivity (Wildman–Crippen MR) is 59.4 cm³/mol. The Morgan fingerprint density at radius 1 is 1.44 bits per heavy atom. The standard InChI is InChI=1S/C12H16FNO2/c1-2-3-8-12(14,11(15)16)9-4-6-10(13)7-5-9/h4-7H,2-3,8,14H2,1H3,(H,15,16). The number of carboxylic acids is 1. The number of aliphatic carboxylic acids is 1. The van der Waals surface area contributed by atoms with Crippen molar-refractivity contribution in [3.63, 3.8) is 0 Å². The number of unbranched alkanes of at least 4 members (excludes halogenated alkanes) is 1. The van der Waals surface area contributed by atoms with Gasteiger partial charge < -0.3 is 10.8 Å². The van der Waals surface area contributed by atoms with Crippen molar-refractivity contribution in [3.05, 3.63) is 35.6 Å². The lowest BCUT2D eigenvalue weighted by Crippen LogP contribution is -2.44. The van der Waals surface area contributed by atoms with Crippen LogP contribution in [0, 0.1) is 5.82 Å². The second-order valence-electron chi connectivity index (χ2n) is 3.89. The highest BCUT2D eigenvalue weighted by Gasteiger charge is 2.35. The summed E-state index contributed by atoms with van der Waals surface area (Å²) in [5.74, 6) is -1.47. The van der Waals surface area contributed by atoms with Gasteiger partial charge in [-0.1, -0.05) is 31.9 Å². The smallest absolute Gasteiger partial charge is 0.328 e. The Balaban J connectivity index is 3.01. The van der Waals surface area contributed by atoms with Crippen molar-refractivity contribution in [2.24, 2.45) is 5.73 Å². The maximum Gasteiger partial charge on any atom is 0.328 e. The van der Waals surface area contributed by atoms with Gasteiger partial charge in [-0.05, 0) is 24.1 Å². The zero-order chi connectivity index (χ0) is 12.2. The highest BCUT2D eigenvalue weighted by molar-refractivity contribution is 5.80. The number of carbonyl (C=O) groups is 1. The summed E-state index contributed by atoms with van der Waals surface area (Å²) < 4.78 is 12.7. The summed E-state index contributed by atoms with van der Waals surface area (Å²) in [6.07, 6.45) is 1.94. The summed E-state index contributed by atoms with van der Waals surface area (Å²) in [6.45, 7) is 1.97. The molecule has 0 saturated heterocycles. The van der Waals surface area contributed by atoms with Crippen molar-refractivity contribution in [3.8, 4) is 0 Å². The zero-order valence-electron chi connectivity index (χ0n) is 9.24. The molecule has 0 aliphatic rings. The lowest BCUT2D eigenvalue weighted by Gasteiger charge is -2.25. The molecule has 0 radical (unpaired) electrons. The van der Waals surface area contributed by atoms with Crippen molar-refractivity contribution >= 4 is 5.97 Å². The Bertz CT molecular complexity index is 364. The first-order valence-corrected chi connectivity index (χ1v) is 5.29. The average molecular weight is 225 g/mol. The molecule has 1 aromatic rings. The third kappa shape index (κ3) is 2.58. The molecule has 0 spiro atoms. The van der Waals surface area contributed by atoms with Crippen LogP contribution in [0.2, 0.25) is 0 Å². The molecule has 1 atom stereocenters. The molecule has 3 N–H and O–H groups in total. The Kier molecular flexibility index (Phi) is 4.01. The van der Waals surface area contributed by atoms with Crippen LogP contribution in [0.3, 0.4) is 0 Å². The van der Waals surface area contributed by atoms with Crippen molar-refractivity contribution in [2.45, 2.75) is 31.7 Å². The molecular weight excluding hydrogens is 209 g/mol. The third-order valence-corrected chi connectivity index (χ3v) is 2.67. The van der Waals surface area contributed by atoms with Gasteiger partial charge in [-0.2, -0.15) is 0 Å². The van der Waals surface area contributed by atoms with E-state index in [1.807, 2.05) is 6.92 Å². The van der Waals surface area contributed by atoms with E-state index in [9.17, 15) is 9.18 Å². The second-order valence-corrected chi connectivity index (χ2v) is 3.89. The first-order chi connectivity index (χ1) is 7.50. The van der Waals surface area contributed by atoms with Gasteiger partial charge >= 0.3 is 5.97 Å². The molecule has 0 saturated carbocycles. The monoisotopic (exact) mass is 225 g/mol. The summed E-state index contributed by atoms with van der Waals surface area (Å²) in [5.41, 5.74) is 4.90. The van der Waals surface area contributed by atoms with E-state index in [0.717, 1.165) is 12.8 Å². The molecule has 0 aliphatic heterocycles. The largest absolute Gasteiger partial charge is 0.480 e. The Labute approximate surface area is 94.1 Å². The number of halogens is 1. The lowest BCUT2D eigenvalue weighted by molar-refractivity contribution is -0.144. The van der Waals surface area contributed by atoms with E-state index >= 15 is 0 Å². The Morgan fingerprint density at radius 2 is 2.00 bits per heavy atom. The number of hydrogen-bond donors (Lipinski definition) is 2. The minimum atomic E-state index is -1.41.